The third kappa shape index (κ3) is 10.3. The minimum absolute atomic E-state index is 0. The summed E-state index contributed by atoms with van der Waals surface area (Å²) in [5, 5.41) is 6.65. The predicted octanol–water partition coefficient (Wildman–Crippen LogP) is 3.09. The number of guanidine groups is 1. The zero-order valence-corrected chi connectivity index (χ0v) is 18.9. The van der Waals surface area contributed by atoms with Crippen molar-refractivity contribution >= 4 is 29.9 Å². The zero-order chi connectivity index (χ0) is 18.5. The molecule has 0 spiro atoms. The second kappa shape index (κ2) is 15.1. The van der Waals surface area contributed by atoms with Crippen LogP contribution in [0, 0.1) is 0 Å². The van der Waals surface area contributed by atoms with Crippen LogP contribution in [0.15, 0.2) is 29.3 Å². The van der Waals surface area contributed by atoms with Crippen molar-refractivity contribution in [3.05, 3.63) is 35.4 Å². The van der Waals surface area contributed by atoms with Gasteiger partial charge in [0, 0.05) is 32.9 Å². The van der Waals surface area contributed by atoms with E-state index in [-0.39, 0.29) is 30.1 Å². The Morgan fingerprint density at radius 2 is 1.96 bits per heavy atom. The maximum Gasteiger partial charge on any atom is 0.191 e. The summed E-state index contributed by atoms with van der Waals surface area (Å²) in [6.07, 6.45) is 2.25. The Bertz CT molecular complexity index is 520. The van der Waals surface area contributed by atoms with Crippen molar-refractivity contribution in [1.29, 1.82) is 0 Å². The van der Waals surface area contributed by atoms with Crippen LogP contribution >= 0.6 is 24.0 Å². The number of hydrogen-bond acceptors (Lipinski definition) is 4. The third-order valence-electron chi connectivity index (χ3n) is 4.11. The molecule has 1 heterocycles. The summed E-state index contributed by atoms with van der Waals surface area (Å²) in [6.45, 7) is 10.1. The van der Waals surface area contributed by atoms with Crippen molar-refractivity contribution in [1.82, 2.24) is 10.6 Å². The smallest absolute Gasteiger partial charge is 0.191 e. The summed E-state index contributed by atoms with van der Waals surface area (Å²) < 4.78 is 16.5. The van der Waals surface area contributed by atoms with E-state index in [0.717, 1.165) is 58.3 Å². The van der Waals surface area contributed by atoms with Crippen LogP contribution in [-0.2, 0) is 27.4 Å². The average molecular weight is 491 g/mol. The Morgan fingerprint density at radius 3 is 2.63 bits per heavy atom. The van der Waals surface area contributed by atoms with Crippen molar-refractivity contribution in [3.8, 4) is 0 Å². The highest BCUT2D eigenvalue weighted by Crippen LogP contribution is 2.08. The highest BCUT2D eigenvalue weighted by Gasteiger charge is 2.15. The molecule has 1 atom stereocenters. The van der Waals surface area contributed by atoms with E-state index >= 15 is 0 Å². The van der Waals surface area contributed by atoms with Crippen molar-refractivity contribution in [3.63, 3.8) is 0 Å². The fourth-order valence-corrected chi connectivity index (χ4v) is 2.65. The summed E-state index contributed by atoms with van der Waals surface area (Å²) in [7, 11) is 0. The Hall–Kier alpha value is -0.900. The Balaban J connectivity index is 0.00000364. The molecular weight excluding hydrogens is 457 g/mol. The number of ether oxygens (including phenoxy) is 3. The number of nitrogens with one attached hydrogen (secondary N) is 2. The van der Waals surface area contributed by atoms with E-state index in [1.165, 1.54) is 11.1 Å². The summed E-state index contributed by atoms with van der Waals surface area (Å²) in [5.41, 5.74) is 2.38. The molecule has 6 nitrogen and oxygen atoms in total. The van der Waals surface area contributed by atoms with Gasteiger partial charge in [-0.1, -0.05) is 24.3 Å². The lowest BCUT2D eigenvalue weighted by Gasteiger charge is -2.13. The number of nitrogens with zero attached hydrogens (tertiary/aromatic N) is 1. The number of benzene rings is 1. The molecule has 0 amide bonds. The Kier molecular flexibility index (Phi) is 13.5. The molecule has 1 unspecified atom stereocenters. The summed E-state index contributed by atoms with van der Waals surface area (Å²) in [6, 6.07) is 8.42. The van der Waals surface area contributed by atoms with E-state index in [0.29, 0.717) is 13.2 Å². The minimum atomic E-state index is 0. The van der Waals surface area contributed by atoms with Crippen LogP contribution in [0.25, 0.3) is 0 Å². The molecule has 27 heavy (non-hydrogen) atoms. The van der Waals surface area contributed by atoms with Crippen molar-refractivity contribution in [2.24, 2.45) is 4.99 Å². The monoisotopic (exact) mass is 491 g/mol. The first-order valence-corrected chi connectivity index (χ1v) is 9.69. The van der Waals surface area contributed by atoms with Gasteiger partial charge in [0.05, 0.1) is 25.9 Å². The lowest BCUT2D eigenvalue weighted by molar-refractivity contribution is 0.0420. The largest absolute Gasteiger partial charge is 0.379 e. The van der Waals surface area contributed by atoms with E-state index in [1.54, 1.807) is 0 Å². The molecule has 0 aromatic heterocycles. The van der Waals surface area contributed by atoms with Crippen molar-refractivity contribution in [2.75, 3.05) is 39.5 Å². The van der Waals surface area contributed by atoms with Gasteiger partial charge in [-0.15, -0.1) is 24.0 Å². The molecule has 0 saturated carbocycles. The molecule has 0 bridgehead atoms. The highest BCUT2D eigenvalue weighted by molar-refractivity contribution is 14.0. The van der Waals surface area contributed by atoms with Crippen LogP contribution < -0.4 is 10.6 Å². The van der Waals surface area contributed by atoms with Gasteiger partial charge in [0.25, 0.3) is 0 Å². The van der Waals surface area contributed by atoms with Gasteiger partial charge in [0.1, 0.15) is 0 Å². The van der Waals surface area contributed by atoms with E-state index < -0.39 is 0 Å². The first-order valence-electron chi connectivity index (χ1n) is 9.69. The maximum atomic E-state index is 5.78. The normalized spacial score (nSPS) is 16.8. The molecule has 2 rings (SSSR count). The molecule has 1 saturated heterocycles. The predicted molar refractivity (Wildman–Crippen MR) is 120 cm³/mol. The molecule has 2 N–H and O–H groups in total. The van der Waals surface area contributed by atoms with Crippen LogP contribution in [0.4, 0.5) is 0 Å². The van der Waals surface area contributed by atoms with Crippen molar-refractivity contribution in [2.45, 2.75) is 45.9 Å². The van der Waals surface area contributed by atoms with Gasteiger partial charge in [0.2, 0.25) is 0 Å². The van der Waals surface area contributed by atoms with E-state index in [4.69, 9.17) is 14.2 Å². The van der Waals surface area contributed by atoms with Gasteiger partial charge < -0.3 is 24.8 Å². The fraction of sp³-hybridized carbons (Fsp3) is 0.650. The van der Waals surface area contributed by atoms with Crippen LogP contribution in [0.3, 0.4) is 0 Å². The van der Waals surface area contributed by atoms with E-state index in [2.05, 4.69) is 46.8 Å². The molecule has 1 aromatic carbocycles. The van der Waals surface area contributed by atoms with Gasteiger partial charge in [-0.05, 0) is 37.8 Å². The minimum Gasteiger partial charge on any atom is -0.379 e. The van der Waals surface area contributed by atoms with E-state index in [9.17, 15) is 0 Å². The molecule has 154 valence electrons. The van der Waals surface area contributed by atoms with Gasteiger partial charge in [0.15, 0.2) is 5.96 Å². The van der Waals surface area contributed by atoms with Crippen LogP contribution in [0.2, 0.25) is 0 Å². The standard InChI is InChI=1S/C20H33N3O3.HI/c1-3-21-20(22-11-5-12-26-19-10-13-25-16-19)23-14-17-6-8-18(9-7-17)15-24-4-2;/h6-9,19H,3-5,10-16H2,1-2H3,(H2,21,22,23);1H. The lowest BCUT2D eigenvalue weighted by atomic mass is 10.1. The number of aliphatic imine (C=N–C) groups is 1. The topological polar surface area (TPSA) is 64.1 Å². The number of halogens is 1. The molecule has 1 fully saturated rings. The summed E-state index contributed by atoms with van der Waals surface area (Å²) >= 11 is 0. The van der Waals surface area contributed by atoms with Gasteiger partial charge in [-0.3, -0.25) is 0 Å². The molecule has 1 aliphatic rings. The second-order valence-electron chi connectivity index (χ2n) is 6.29. The summed E-state index contributed by atoms with van der Waals surface area (Å²) in [5.74, 6) is 0.843. The second-order valence-corrected chi connectivity index (χ2v) is 6.29. The zero-order valence-electron chi connectivity index (χ0n) is 16.5. The van der Waals surface area contributed by atoms with Gasteiger partial charge in [-0.25, -0.2) is 4.99 Å². The quantitative estimate of drug-likeness (QED) is 0.216. The van der Waals surface area contributed by atoms with Gasteiger partial charge >= 0.3 is 0 Å². The molecule has 7 heteroatoms. The molecule has 1 aromatic rings. The SMILES string of the molecule is CCNC(=NCc1ccc(COCC)cc1)NCCCOC1CCOC1.I. The maximum absolute atomic E-state index is 5.78. The highest BCUT2D eigenvalue weighted by atomic mass is 127. The molecule has 1 aliphatic heterocycles. The summed E-state index contributed by atoms with van der Waals surface area (Å²) in [4.78, 5) is 4.65. The van der Waals surface area contributed by atoms with E-state index in [1.807, 2.05) is 6.92 Å². The van der Waals surface area contributed by atoms with Crippen molar-refractivity contribution < 1.29 is 14.2 Å². The first kappa shape index (κ1) is 24.1. The lowest BCUT2D eigenvalue weighted by Crippen LogP contribution is -2.38. The third-order valence-corrected chi connectivity index (χ3v) is 4.11. The number of hydrogen-bond donors (Lipinski definition) is 2. The Labute approximate surface area is 180 Å². The molecule has 0 radical (unpaired) electrons. The molecule has 0 aliphatic carbocycles. The Morgan fingerprint density at radius 1 is 1.19 bits per heavy atom. The van der Waals surface area contributed by atoms with Crippen LogP contribution in [0.1, 0.15) is 37.8 Å². The van der Waals surface area contributed by atoms with Crippen LogP contribution in [0.5, 0.6) is 0 Å². The van der Waals surface area contributed by atoms with Gasteiger partial charge in [-0.2, -0.15) is 0 Å². The average Bonchev–Trinajstić information content (AvgIpc) is 3.18. The number of rotatable bonds is 11. The fourth-order valence-electron chi connectivity index (χ4n) is 2.65. The molecular formula is C20H34IN3O3. The van der Waals surface area contributed by atoms with Crippen LogP contribution in [-0.4, -0.2) is 51.6 Å². The first-order chi connectivity index (χ1) is 12.8.